The lowest BCUT2D eigenvalue weighted by Gasteiger charge is -2.13. The van der Waals surface area contributed by atoms with Gasteiger partial charge in [-0.15, -0.1) is 0 Å². The van der Waals surface area contributed by atoms with E-state index in [4.69, 9.17) is 24.9 Å². The zero-order chi connectivity index (χ0) is 19.9. The third-order valence-corrected chi connectivity index (χ3v) is 5.50. The van der Waals surface area contributed by atoms with Crippen molar-refractivity contribution in [1.29, 1.82) is 0 Å². The fraction of sp³-hybridized carbons (Fsp3) is 0.333. The van der Waals surface area contributed by atoms with Crippen molar-refractivity contribution >= 4 is 28.5 Å². The number of hydrogen-bond acceptors (Lipinski definition) is 6. The largest absolute Gasteiger partial charge is 0.493 e. The number of rotatable bonds is 9. The Kier molecular flexibility index (Phi) is 6.95. The zero-order valence-electron chi connectivity index (χ0n) is 16.5. The number of nitrogen functional groups attached to an aromatic ring is 1. The highest BCUT2D eigenvalue weighted by Crippen LogP contribution is 2.34. The maximum Gasteiger partial charge on any atom is 0.299 e. The Labute approximate surface area is 169 Å². The second-order valence-corrected chi connectivity index (χ2v) is 7.22. The monoisotopic (exact) mass is 400 g/mol. The predicted octanol–water partition coefficient (Wildman–Crippen LogP) is 3.45. The lowest BCUT2D eigenvalue weighted by Crippen LogP contribution is -2.41. The van der Waals surface area contributed by atoms with Gasteiger partial charge in [-0.3, -0.25) is 0 Å². The molecule has 0 atom stereocenters. The number of hydrogen-bond donors (Lipinski definition) is 1. The normalized spacial score (nSPS) is 11.0. The summed E-state index contributed by atoms with van der Waals surface area (Å²) in [4.78, 5) is 4.88. The van der Waals surface area contributed by atoms with Crippen molar-refractivity contribution in [2.24, 2.45) is 0 Å². The molecule has 0 aliphatic heterocycles. The highest BCUT2D eigenvalue weighted by molar-refractivity contribution is 7.98. The molecule has 7 heteroatoms. The third-order valence-electron chi connectivity index (χ3n) is 4.46. The first-order valence-electron chi connectivity index (χ1n) is 9.08. The number of methoxy groups -OCH3 is 3. The van der Waals surface area contributed by atoms with Gasteiger partial charge in [0, 0.05) is 38.0 Å². The van der Waals surface area contributed by atoms with E-state index < -0.39 is 0 Å². The minimum absolute atomic E-state index is 0.636. The van der Waals surface area contributed by atoms with Crippen LogP contribution in [-0.2, 0) is 17.0 Å². The Morgan fingerprint density at radius 3 is 2.43 bits per heavy atom. The van der Waals surface area contributed by atoms with Crippen molar-refractivity contribution in [1.82, 2.24) is 4.98 Å². The molecule has 1 aromatic heterocycles. The minimum Gasteiger partial charge on any atom is -0.493 e. The first-order valence-corrected chi connectivity index (χ1v) is 10.1. The van der Waals surface area contributed by atoms with E-state index in [-0.39, 0.29) is 0 Å². The lowest BCUT2D eigenvalue weighted by molar-refractivity contribution is -0.722. The molecule has 2 aromatic carbocycles. The second-order valence-electron chi connectivity index (χ2n) is 6.28. The van der Waals surface area contributed by atoms with Gasteiger partial charge in [-0.25, -0.2) is 4.57 Å². The van der Waals surface area contributed by atoms with Crippen LogP contribution in [0.3, 0.4) is 0 Å². The van der Waals surface area contributed by atoms with E-state index in [1.807, 2.05) is 30.3 Å². The van der Waals surface area contributed by atoms with Crippen LogP contribution in [0.1, 0.15) is 12.0 Å². The van der Waals surface area contributed by atoms with Crippen LogP contribution in [0, 0.1) is 0 Å². The summed E-state index contributed by atoms with van der Waals surface area (Å²) in [5.74, 6) is 2.75. The summed E-state index contributed by atoms with van der Waals surface area (Å²) in [5, 5.41) is 1.72. The van der Waals surface area contributed by atoms with E-state index >= 15 is 0 Å². The minimum atomic E-state index is 0.636. The topological polar surface area (TPSA) is 70.5 Å². The second kappa shape index (κ2) is 9.61. The molecule has 0 saturated carbocycles. The molecule has 0 bridgehead atoms. The molecular weight excluding hydrogens is 374 g/mol. The fourth-order valence-electron chi connectivity index (χ4n) is 2.99. The van der Waals surface area contributed by atoms with Gasteiger partial charge in [0.25, 0.3) is 5.16 Å². The van der Waals surface area contributed by atoms with E-state index in [0.717, 1.165) is 34.8 Å². The number of thioether (sulfide) groups is 1. The molecule has 3 rings (SSSR count). The molecule has 0 radical (unpaired) electrons. The smallest absolute Gasteiger partial charge is 0.299 e. The van der Waals surface area contributed by atoms with Gasteiger partial charge >= 0.3 is 0 Å². The van der Waals surface area contributed by atoms with Gasteiger partial charge in [0.15, 0.2) is 17.0 Å². The van der Waals surface area contributed by atoms with Crippen molar-refractivity contribution in [2.75, 3.05) is 33.7 Å². The van der Waals surface area contributed by atoms with Gasteiger partial charge in [-0.2, -0.15) is 0 Å². The number of nitrogens with two attached hydrogens (primary N) is 1. The maximum atomic E-state index is 6.56. The van der Waals surface area contributed by atoms with Gasteiger partial charge < -0.3 is 19.9 Å². The first-order chi connectivity index (χ1) is 13.7. The number of aromatic nitrogens is 2. The molecule has 0 fully saturated rings. The van der Waals surface area contributed by atoms with Crippen LogP contribution in [0.25, 0.3) is 10.9 Å². The average Bonchev–Trinajstić information content (AvgIpc) is 2.74. The highest BCUT2D eigenvalue weighted by Gasteiger charge is 2.21. The number of anilines is 1. The molecular formula is C21H26N3O3S+. The Balaban J connectivity index is 2.03. The first kappa shape index (κ1) is 20.2. The molecule has 0 unspecified atom stereocenters. The molecule has 1 heterocycles. The Morgan fingerprint density at radius 1 is 1.04 bits per heavy atom. The summed E-state index contributed by atoms with van der Waals surface area (Å²) in [7, 11) is 4.94. The fourth-order valence-corrected chi connectivity index (χ4v) is 3.99. The standard InChI is InChI=1S/C21H25N3O3S/c1-25-11-7-10-24-20(22)16-12-18(26-2)19(27-3)13-17(16)23-21(24)28-14-15-8-5-4-6-9-15/h4-6,8-9,12-13,22H,7,10-11,14H2,1-3H3/p+1. The maximum absolute atomic E-state index is 6.56. The molecule has 28 heavy (non-hydrogen) atoms. The summed E-state index contributed by atoms with van der Waals surface area (Å²) in [6.45, 7) is 1.40. The quantitative estimate of drug-likeness (QED) is 0.257. The predicted molar refractivity (Wildman–Crippen MR) is 112 cm³/mol. The number of ether oxygens (including phenoxy) is 3. The van der Waals surface area contributed by atoms with E-state index in [1.54, 1.807) is 33.1 Å². The molecule has 148 valence electrons. The van der Waals surface area contributed by atoms with Crippen LogP contribution in [0.5, 0.6) is 11.5 Å². The van der Waals surface area contributed by atoms with Gasteiger partial charge in [-0.05, 0) is 17.3 Å². The van der Waals surface area contributed by atoms with E-state index in [2.05, 4.69) is 16.7 Å². The highest BCUT2D eigenvalue weighted by atomic mass is 32.2. The molecule has 0 saturated heterocycles. The summed E-state index contributed by atoms with van der Waals surface area (Å²) in [6.07, 6.45) is 0.852. The molecule has 0 amide bonds. The summed E-state index contributed by atoms with van der Waals surface area (Å²) < 4.78 is 18.1. The summed E-state index contributed by atoms with van der Waals surface area (Å²) in [6, 6.07) is 14.1. The van der Waals surface area contributed by atoms with Crippen LogP contribution in [-0.4, -0.2) is 32.9 Å². The molecule has 2 N–H and O–H groups in total. The van der Waals surface area contributed by atoms with E-state index in [1.165, 1.54) is 5.56 Å². The van der Waals surface area contributed by atoms with Gasteiger partial charge in [-0.1, -0.05) is 35.3 Å². The van der Waals surface area contributed by atoms with Crippen LogP contribution in [0.4, 0.5) is 5.82 Å². The molecule has 0 spiro atoms. The molecule has 3 aromatic rings. The van der Waals surface area contributed by atoms with Crippen LogP contribution < -0.4 is 19.8 Å². The summed E-state index contributed by atoms with van der Waals surface area (Å²) in [5.41, 5.74) is 8.58. The number of benzene rings is 2. The molecule has 6 nitrogen and oxygen atoms in total. The van der Waals surface area contributed by atoms with Crippen molar-refractivity contribution in [3.8, 4) is 11.5 Å². The molecule has 0 aliphatic rings. The van der Waals surface area contributed by atoms with Crippen LogP contribution in [0.2, 0.25) is 0 Å². The van der Waals surface area contributed by atoms with Gasteiger partial charge in [0.1, 0.15) is 0 Å². The third kappa shape index (κ3) is 4.48. The molecule has 0 aliphatic carbocycles. The lowest BCUT2D eigenvalue weighted by atomic mass is 10.2. The number of nitrogens with zero attached hydrogens (tertiary/aromatic N) is 2. The van der Waals surface area contributed by atoms with E-state index in [0.29, 0.717) is 23.9 Å². The van der Waals surface area contributed by atoms with Crippen molar-refractivity contribution in [2.45, 2.75) is 23.9 Å². The Bertz CT molecular complexity index is 935. The van der Waals surface area contributed by atoms with Crippen molar-refractivity contribution in [3.63, 3.8) is 0 Å². The van der Waals surface area contributed by atoms with Crippen LogP contribution in [0.15, 0.2) is 47.6 Å². The zero-order valence-corrected chi connectivity index (χ0v) is 17.3. The Morgan fingerprint density at radius 2 is 1.75 bits per heavy atom. The van der Waals surface area contributed by atoms with Crippen molar-refractivity contribution < 1.29 is 18.8 Å². The van der Waals surface area contributed by atoms with Gasteiger partial charge in [0.2, 0.25) is 5.82 Å². The van der Waals surface area contributed by atoms with Crippen molar-refractivity contribution in [3.05, 3.63) is 48.0 Å². The summed E-state index contributed by atoms with van der Waals surface area (Å²) >= 11 is 1.67. The average molecular weight is 401 g/mol. The van der Waals surface area contributed by atoms with E-state index in [9.17, 15) is 0 Å². The SMILES string of the molecule is COCCC[n+]1c(SCc2ccccc2)nc2cc(OC)c(OC)cc2c1N. The van der Waals surface area contributed by atoms with Crippen LogP contribution >= 0.6 is 11.8 Å². The van der Waals surface area contributed by atoms with Gasteiger partial charge in [0.05, 0.1) is 26.2 Å². The Hall–Kier alpha value is -2.51. The number of fused-ring (bicyclic) bond motifs is 1.